The number of hydrogen-bond acceptors (Lipinski definition) is 5. The maximum Gasteiger partial charge on any atom is 0.417 e. The van der Waals surface area contributed by atoms with E-state index in [1.54, 1.807) is 6.07 Å². The van der Waals surface area contributed by atoms with Crippen LogP contribution in [0.1, 0.15) is 36.8 Å². The van der Waals surface area contributed by atoms with E-state index in [2.05, 4.69) is 57.6 Å². The summed E-state index contributed by atoms with van der Waals surface area (Å²) in [6, 6.07) is 20.3. The highest BCUT2D eigenvalue weighted by Gasteiger charge is 2.34. The molecule has 1 amide bonds. The Hall–Kier alpha value is -3.77. The molecular formula is C31H34F3N5O. The smallest absolute Gasteiger partial charge is 0.382 e. The van der Waals surface area contributed by atoms with E-state index in [-0.39, 0.29) is 17.5 Å². The molecule has 0 spiro atoms. The molecule has 2 aliphatic heterocycles. The molecule has 0 saturated carbocycles. The van der Waals surface area contributed by atoms with E-state index in [0.29, 0.717) is 38.0 Å². The summed E-state index contributed by atoms with van der Waals surface area (Å²) in [4.78, 5) is 19.5. The molecule has 5 rings (SSSR count). The van der Waals surface area contributed by atoms with Crippen molar-refractivity contribution in [2.75, 3.05) is 56.0 Å². The number of amides is 1. The molecule has 0 unspecified atom stereocenters. The maximum absolute atomic E-state index is 13.3. The second-order valence-corrected chi connectivity index (χ2v) is 10.6. The Morgan fingerprint density at radius 3 is 2.35 bits per heavy atom. The monoisotopic (exact) mass is 549 g/mol. The van der Waals surface area contributed by atoms with Crippen LogP contribution in [0.3, 0.4) is 0 Å². The summed E-state index contributed by atoms with van der Waals surface area (Å²) >= 11 is 0. The van der Waals surface area contributed by atoms with Crippen LogP contribution in [0.5, 0.6) is 0 Å². The van der Waals surface area contributed by atoms with Crippen molar-refractivity contribution in [1.82, 2.24) is 9.80 Å². The molecule has 0 aromatic heterocycles. The summed E-state index contributed by atoms with van der Waals surface area (Å²) in [5.41, 5.74) is 0.288. The molecule has 2 fully saturated rings. The summed E-state index contributed by atoms with van der Waals surface area (Å²) in [6.45, 7) is 5.96. The zero-order valence-electron chi connectivity index (χ0n) is 22.5. The van der Waals surface area contributed by atoms with Gasteiger partial charge in [0.25, 0.3) is 0 Å². The molecule has 0 aliphatic carbocycles. The van der Waals surface area contributed by atoms with Crippen molar-refractivity contribution in [2.24, 2.45) is 0 Å². The Balaban J connectivity index is 1.02. The number of rotatable bonds is 7. The molecule has 40 heavy (non-hydrogen) atoms. The van der Waals surface area contributed by atoms with Gasteiger partial charge in [0.15, 0.2) is 0 Å². The van der Waals surface area contributed by atoms with Gasteiger partial charge in [-0.15, -0.1) is 0 Å². The quantitative estimate of drug-likeness (QED) is 0.408. The molecule has 3 aromatic carbocycles. The van der Waals surface area contributed by atoms with Crippen molar-refractivity contribution in [3.63, 3.8) is 0 Å². The summed E-state index contributed by atoms with van der Waals surface area (Å²) < 4.78 is 39.8. The lowest BCUT2D eigenvalue weighted by molar-refractivity contribution is -0.137. The lowest BCUT2D eigenvalue weighted by atomic mass is 10.0. The van der Waals surface area contributed by atoms with Gasteiger partial charge in [0.05, 0.1) is 17.2 Å². The standard InChI is InChI=1S/C31H34F3N5O/c32-31(33,34)29-21-27(9-7-25(29)22-35)36-26-11-14-39(15-12-26)30(40)6-3-13-37-16-18-38(19-17-37)28-10-8-23-4-1-2-5-24(23)20-28/h1-2,4-5,7-10,20-21,26,36H,3,6,11-19H2. The number of likely N-dealkylation sites (tertiary alicyclic amines) is 1. The molecule has 1 N–H and O–H groups in total. The average Bonchev–Trinajstić information content (AvgIpc) is 2.97. The van der Waals surface area contributed by atoms with Gasteiger partial charge in [0.1, 0.15) is 0 Å². The van der Waals surface area contributed by atoms with E-state index >= 15 is 0 Å². The first-order valence-corrected chi connectivity index (χ1v) is 13.9. The van der Waals surface area contributed by atoms with Gasteiger partial charge in [0, 0.05) is 63.1 Å². The third-order valence-electron chi connectivity index (χ3n) is 8.00. The predicted molar refractivity (Wildman–Crippen MR) is 151 cm³/mol. The molecular weight excluding hydrogens is 515 g/mol. The van der Waals surface area contributed by atoms with Crippen LogP contribution in [0.4, 0.5) is 24.5 Å². The van der Waals surface area contributed by atoms with Gasteiger partial charge < -0.3 is 15.1 Å². The number of anilines is 2. The third kappa shape index (κ3) is 6.68. The van der Waals surface area contributed by atoms with Crippen LogP contribution >= 0.6 is 0 Å². The number of piperazine rings is 1. The minimum Gasteiger partial charge on any atom is -0.382 e. The molecule has 9 heteroatoms. The highest BCUT2D eigenvalue weighted by Crippen LogP contribution is 2.34. The van der Waals surface area contributed by atoms with Crippen LogP contribution in [-0.2, 0) is 11.0 Å². The van der Waals surface area contributed by atoms with Crippen molar-refractivity contribution in [3.8, 4) is 6.07 Å². The first kappa shape index (κ1) is 27.8. The molecule has 0 bridgehead atoms. The van der Waals surface area contributed by atoms with Crippen LogP contribution in [0.2, 0.25) is 0 Å². The topological polar surface area (TPSA) is 62.6 Å². The number of nitrogens with one attached hydrogen (secondary N) is 1. The van der Waals surface area contributed by atoms with E-state index in [4.69, 9.17) is 5.26 Å². The predicted octanol–water partition coefficient (Wildman–Crippen LogP) is 5.74. The van der Waals surface area contributed by atoms with Gasteiger partial charge in [-0.05, 0) is 66.9 Å². The van der Waals surface area contributed by atoms with E-state index in [0.717, 1.165) is 45.2 Å². The van der Waals surface area contributed by atoms with Crippen LogP contribution in [-0.4, -0.2) is 67.6 Å². The highest BCUT2D eigenvalue weighted by atomic mass is 19.4. The van der Waals surface area contributed by atoms with Crippen molar-refractivity contribution in [1.29, 1.82) is 5.26 Å². The fraction of sp³-hybridized carbons (Fsp3) is 0.419. The Kier molecular flexibility index (Phi) is 8.46. The molecule has 0 radical (unpaired) electrons. The fourth-order valence-corrected chi connectivity index (χ4v) is 5.69. The number of hydrogen-bond donors (Lipinski definition) is 1. The Bertz CT molecular complexity index is 1370. The second kappa shape index (κ2) is 12.2. The maximum atomic E-state index is 13.3. The molecule has 6 nitrogen and oxygen atoms in total. The normalized spacial score (nSPS) is 17.1. The molecule has 2 saturated heterocycles. The molecule has 210 valence electrons. The van der Waals surface area contributed by atoms with Gasteiger partial charge >= 0.3 is 6.18 Å². The number of carbonyl (C=O) groups is 1. The average molecular weight is 550 g/mol. The number of carbonyl (C=O) groups excluding carboxylic acids is 1. The molecule has 2 heterocycles. The van der Waals surface area contributed by atoms with Crippen molar-refractivity contribution in [3.05, 3.63) is 71.8 Å². The molecule has 0 atom stereocenters. The van der Waals surface area contributed by atoms with E-state index in [9.17, 15) is 18.0 Å². The van der Waals surface area contributed by atoms with Gasteiger partial charge in [-0.25, -0.2) is 0 Å². The van der Waals surface area contributed by atoms with Crippen LogP contribution < -0.4 is 10.2 Å². The lowest BCUT2D eigenvalue weighted by Gasteiger charge is -2.36. The minimum atomic E-state index is -4.58. The minimum absolute atomic E-state index is 0.0167. The number of nitrogens with zero attached hydrogens (tertiary/aromatic N) is 4. The summed E-state index contributed by atoms with van der Waals surface area (Å²) in [5.74, 6) is 0.144. The fourth-order valence-electron chi connectivity index (χ4n) is 5.69. The first-order valence-electron chi connectivity index (χ1n) is 13.9. The van der Waals surface area contributed by atoms with E-state index in [1.165, 1.54) is 28.6 Å². The third-order valence-corrected chi connectivity index (χ3v) is 8.00. The summed E-state index contributed by atoms with van der Waals surface area (Å²) in [6.07, 6.45) is -1.91. The summed E-state index contributed by atoms with van der Waals surface area (Å²) in [5, 5.41) is 14.6. The molecule has 2 aliphatic rings. The zero-order chi connectivity index (χ0) is 28.1. The van der Waals surface area contributed by atoms with Crippen molar-refractivity contribution < 1.29 is 18.0 Å². The lowest BCUT2D eigenvalue weighted by Crippen LogP contribution is -2.47. The Morgan fingerprint density at radius 2 is 1.65 bits per heavy atom. The Labute approximate surface area is 233 Å². The highest BCUT2D eigenvalue weighted by molar-refractivity contribution is 5.85. The SMILES string of the molecule is N#Cc1ccc(NC2CCN(C(=O)CCCN3CCN(c4ccc5ccccc5c4)CC3)CC2)cc1C(F)(F)F. The van der Waals surface area contributed by atoms with Gasteiger partial charge in [0.2, 0.25) is 5.91 Å². The van der Waals surface area contributed by atoms with Crippen LogP contribution in [0.15, 0.2) is 60.7 Å². The van der Waals surface area contributed by atoms with Crippen molar-refractivity contribution in [2.45, 2.75) is 37.9 Å². The largest absolute Gasteiger partial charge is 0.417 e. The number of fused-ring (bicyclic) bond motifs is 1. The summed E-state index contributed by atoms with van der Waals surface area (Å²) in [7, 11) is 0. The van der Waals surface area contributed by atoms with Crippen LogP contribution in [0, 0.1) is 11.3 Å². The van der Waals surface area contributed by atoms with E-state index < -0.39 is 11.7 Å². The van der Waals surface area contributed by atoms with Gasteiger partial charge in [-0.1, -0.05) is 30.3 Å². The number of benzene rings is 3. The van der Waals surface area contributed by atoms with Crippen LogP contribution in [0.25, 0.3) is 10.8 Å². The van der Waals surface area contributed by atoms with Gasteiger partial charge in [-0.2, -0.15) is 18.4 Å². The number of alkyl halides is 3. The number of halogens is 3. The number of piperidine rings is 1. The molecule has 3 aromatic rings. The number of nitriles is 1. The van der Waals surface area contributed by atoms with Gasteiger partial charge in [-0.3, -0.25) is 9.69 Å². The first-order chi connectivity index (χ1) is 19.3. The zero-order valence-corrected chi connectivity index (χ0v) is 22.5. The van der Waals surface area contributed by atoms with Crippen molar-refractivity contribution >= 4 is 28.1 Å². The van der Waals surface area contributed by atoms with E-state index in [1.807, 2.05) is 4.90 Å². The Morgan fingerprint density at radius 1 is 0.925 bits per heavy atom. The second-order valence-electron chi connectivity index (χ2n) is 10.6.